The van der Waals surface area contributed by atoms with Crippen molar-refractivity contribution in [2.75, 3.05) is 51.3 Å². The second kappa shape index (κ2) is 8.32. The zero-order valence-electron chi connectivity index (χ0n) is 12.8. The summed E-state index contributed by atoms with van der Waals surface area (Å²) in [6, 6.07) is 7.21. The SMILES string of the molecule is COCC(CCCN)N1CCN(c2ccc(F)cc2)CC1. The minimum Gasteiger partial charge on any atom is -0.383 e. The van der Waals surface area contributed by atoms with Gasteiger partial charge in [-0.05, 0) is 43.7 Å². The Kier molecular flexibility index (Phi) is 6.42. The van der Waals surface area contributed by atoms with Crippen molar-refractivity contribution in [2.24, 2.45) is 5.73 Å². The summed E-state index contributed by atoms with van der Waals surface area (Å²) in [6.45, 7) is 5.45. The van der Waals surface area contributed by atoms with Crippen LogP contribution in [0, 0.1) is 5.82 Å². The van der Waals surface area contributed by atoms with E-state index >= 15 is 0 Å². The fraction of sp³-hybridized carbons (Fsp3) is 0.625. The van der Waals surface area contributed by atoms with Gasteiger partial charge in [-0.2, -0.15) is 0 Å². The second-order valence-corrected chi connectivity index (χ2v) is 5.54. The summed E-state index contributed by atoms with van der Waals surface area (Å²) in [5.41, 5.74) is 6.71. The molecule has 0 aromatic heterocycles. The lowest BCUT2D eigenvalue weighted by Crippen LogP contribution is -2.51. The lowest BCUT2D eigenvalue weighted by Gasteiger charge is -2.40. The number of hydrogen-bond acceptors (Lipinski definition) is 4. The molecule has 2 N–H and O–H groups in total. The largest absolute Gasteiger partial charge is 0.383 e. The van der Waals surface area contributed by atoms with Gasteiger partial charge in [0.2, 0.25) is 0 Å². The molecule has 1 aromatic carbocycles. The molecule has 0 radical (unpaired) electrons. The summed E-state index contributed by atoms with van der Waals surface area (Å²) in [5.74, 6) is -0.181. The molecule has 0 saturated carbocycles. The Balaban J connectivity index is 1.87. The number of nitrogens with zero attached hydrogens (tertiary/aromatic N) is 2. The van der Waals surface area contributed by atoms with Crippen LogP contribution in [0.1, 0.15) is 12.8 Å². The van der Waals surface area contributed by atoms with E-state index in [0.29, 0.717) is 6.04 Å². The lowest BCUT2D eigenvalue weighted by molar-refractivity contribution is 0.0801. The average molecular weight is 295 g/mol. The first-order valence-corrected chi connectivity index (χ1v) is 7.68. The highest BCUT2D eigenvalue weighted by Gasteiger charge is 2.23. The number of methoxy groups -OCH3 is 1. The number of halogens is 1. The van der Waals surface area contributed by atoms with Gasteiger partial charge in [-0.1, -0.05) is 0 Å². The van der Waals surface area contributed by atoms with Crippen molar-refractivity contribution in [1.29, 1.82) is 0 Å². The quantitative estimate of drug-likeness (QED) is 0.831. The van der Waals surface area contributed by atoms with Crippen molar-refractivity contribution in [3.05, 3.63) is 30.1 Å². The molecule has 118 valence electrons. The van der Waals surface area contributed by atoms with Crippen LogP contribution < -0.4 is 10.6 Å². The second-order valence-electron chi connectivity index (χ2n) is 5.54. The van der Waals surface area contributed by atoms with E-state index in [-0.39, 0.29) is 5.82 Å². The van der Waals surface area contributed by atoms with Gasteiger partial charge in [0.1, 0.15) is 5.82 Å². The minimum atomic E-state index is -0.181. The van der Waals surface area contributed by atoms with Gasteiger partial charge in [-0.15, -0.1) is 0 Å². The maximum absolute atomic E-state index is 13.0. The van der Waals surface area contributed by atoms with Gasteiger partial charge >= 0.3 is 0 Å². The van der Waals surface area contributed by atoms with Crippen molar-refractivity contribution in [3.8, 4) is 0 Å². The number of hydrogen-bond donors (Lipinski definition) is 1. The summed E-state index contributed by atoms with van der Waals surface area (Å²) >= 11 is 0. The third kappa shape index (κ3) is 4.66. The molecule has 21 heavy (non-hydrogen) atoms. The maximum atomic E-state index is 13.0. The van der Waals surface area contributed by atoms with Gasteiger partial charge in [-0.3, -0.25) is 4.90 Å². The molecular weight excluding hydrogens is 269 g/mol. The Morgan fingerprint density at radius 2 is 1.86 bits per heavy atom. The molecule has 1 aromatic rings. The maximum Gasteiger partial charge on any atom is 0.123 e. The Morgan fingerprint density at radius 1 is 1.19 bits per heavy atom. The Hall–Kier alpha value is -1.17. The summed E-state index contributed by atoms with van der Waals surface area (Å²) in [7, 11) is 1.75. The fourth-order valence-corrected chi connectivity index (χ4v) is 2.91. The van der Waals surface area contributed by atoms with Crippen molar-refractivity contribution < 1.29 is 9.13 Å². The van der Waals surface area contributed by atoms with E-state index in [1.807, 2.05) is 12.1 Å². The molecule has 1 aliphatic rings. The third-order valence-electron chi connectivity index (χ3n) is 4.12. The smallest absolute Gasteiger partial charge is 0.123 e. The van der Waals surface area contributed by atoms with E-state index in [2.05, 4.69) is 9.80 Å². The van der Waals surface area contributed by atoms with Crippen LogP contribution in [-0.4, -0.2) is 57.4 Å². The standard InChI is InChI=1S/C16H26FN3O/c1-21-13-16(3-2-8-18)20-11-9-19(10-12-20)15-6-4-14(17)5-7-15/h4-7,16H,2-3,8-13,18H2,1H3. The predicted octanol–water partition coefficient (Wildman–Crippen LogP) is 1.70. The van der Waals surface area contributed by atoms with Crippen molar-refractivity contribution >= 4 is 5.69 Å². The minimum absolute atomic E-state index is 0.181. The number of nitrogens with two attached hydrogens (primary N) is 1. The van der Waals surface area contributed by atoms with E-state index in [0.717, 1.165) is 57.9 Å². The van der Waals surface area contributed by atoms with Crippen LogP contribution in [0.2, 0.25) is 0 Å². The van der Waals surface area contributed by atoms with Gasteiger partial charge in [0.15, 0.2) is 0 Å². The van der Waals surface area contributed by atoms with Crippen molar-refractivity contribution in [1.82, 2.24) is 4.90 Å². The molecule has 1 aliphatic heterocycles. The summed E-state index contributed by atoms with van der Waals surface area (Å²) in [5, 5.41) is 0. The number of rotatable bonds is 7. The molecule has 1 unspecified atom stereocenters. The van der Waals surface area contributed by atoms with Gasteiger partial charge in [0.05, 0.1) is 6.61 Å². The molecule has 0 spiro atoms. The fourth-order valence-electron chi connectivity index (χ4n) is 2.91. The molecule has 4 nitrogen and oxygen atoms in total. The molecule has 2 rings (SSSR count). The molecule has 0 aliphatic carbocycles. The topological polar surface area (TPSA) is 41.7 Å². The van der Waals surface area contributed by atoms with Crippen LogP contribution in [0.5, 0.6) is 0 Å². The molecular formula is C16H26FN3O. The number of ether oxygens (including phenoxy) is 1. The highest BCUT2D eigenvalue weighted by atomic mass is 19.1. The molecule has 1 heterocycles. The molecule has 1 saturated heterocycles. The monoisotopic (exact) mass is 295 g/mol. The van der Waals surface area contributed by atoms with Crippen LogP contribution in [0.4, 0.5) is 10.1 Å². The van der Waals surface area contributed by atoms with E-state index in [1.54, 1.807) is 7.11 Å². The van der Waals surface area contributed by atoms with Gasteiger partial charge in [-0.25, -0.2) is 4.39 Å². The van der Waals surface area contributed by atoms with Crippen LogP contribution >= 0.6 is 0 Å². The van der Waals surface area contributed by atoms with Gasteiger partial charge < -0.3 is 15.4 Å². The molecule has 0 amide bonds. The van der Waals surface area contributed by atoms with Crippen LogP contribution in [-0.2, 0) is 4.74 Å². The Morgan fingerprint density at radius 3 is 2.43 bits per heavy atom. The van der Waals surface area contributed by atoms with Crippen LogP contribution in [0.15, 0.2) is 24.3 Å². The molecule has 0 bridgehead atoms. The van der Waals surface area contributed by atoms with E-state index in [1.165, 1.54) is 12.1 Å². The van der Waals surface area contributed by atoms with Crippen molar-refractivity contribution in [2.45, 2.75) is 18.9 Å². The normalized spacial score (nSPS) is 18.0. The zero-order chi connectivity index (χ0) is 15.1. The van der Waals surface area contributed by atoms with Crippen LogP contribution in [0.25, 0.3) is 0 Å². The average Bonchev–Trinajstić information content (AvgIpc) is 2.52. The first-order valence-electron chi connectivity index (χ1n) is 7.68. The van der Waals surface area contributed by atoms with E-state index in [4.69, 9.17) is 10.5 Å². The first kappa shape index (κ1) is 16.2. The molecule has 1 atom stereocenters. The Bertz CT molecular complexity index is 404. The van der Waals surface area contributed by atoms with Gasteiger partial charge in [0, 0.05) is 45.0 Å². The van der Waals surface area contributed by atoms with Gasteiger partial charge in [0.25, 0.3) is 0 Å². The number of anilines is 1. The van der Waals surface area contributed by atoms with E-state index in [9.17, 15) is 4.39 Å². The highest BCUT2D eigenvalue weighted by molar-refractivity contribution is 5.46. The third-order valence-corrected chi connectivity index (χ3v) is 4.12. The predicted molar refractivity (Wildman–Crippen MR) is 84.1 cm³/mol. The number of piperazine rings is 1. The van der Waals surface area contributed by atoms with Crippen LogP contribution in [0.3, 0.4) is 0 Å². The highest BCUT2D eigenvalue weighted by Crippen LogP contribution is 2.19. The Labute approximate surface area is 126 Å². The summed E-state index contributed by atoms with van der Waals surface area (Å²) in [4.78, 5) is 4.79. The molecule has 1 fully saturated rings. The summed E-state index contributed by atoms with van der Waals surface area (Å²) < 4.78 is 18.3. The lowest BCUT2D eigenvalue weighted by atomic mass is 10.1. The zero-order valence-corrected chi connectivity index (χ0v) is 12.8. The summed E-state index contributed by atoms with van der Waals surface area (Å²) in [6.07, 6.45) is 2.12. The molecule has 5 heteroatoms. The first-order chi connectivity index (χ1) is 10.2. The number of benzene rings is 1. The van der Waals surface area contributed by atoms with Crippen molar-refractivity contribution in [3.63, 3.8) is 0 Å². The van der Waals surface area contributed by atoms with E-state index < -0.39 is 0 Å².